The average molecular weight is 325 g/mol. The molecule has 1 aromatic heterocycles. The third-order valence-electron chi connectivity index (χ3n) is 3.27. The van der Waals surface area contributed by atoms with E-state index in [0.717, 1.165) is 27.5 Å². The maximum absolute atomic E-state index is 12.6. The van der Waals surface area contributed by atoms with Gasteiger partial charge in [0.25, 0.3) is 5.91 Å². The number of carbonyl (C=O) groups is 1. The van der Waals surface area contributed by atoms with Crippen molar-refractivity contribution < 1.29 is 9.90 Å². The van der Waals surface area contributed by atoms with Crippen LogP contribution in [0.25, 0.3) is 0 Å². The maximum atomic E-state index is 12.6. The van der Waals surface area contributed by atoms with Crippen molar-refractivity contribution in [3.8, 4) is 11.8 Å². The van der Waals surface area contributed by atoms with Crippen molar-refractivity contribution in [1.82, 2.24) is 4.90 Å². The molecule has 1 amide bonds. The topological polar surface area (TPSA) is 40.5 Å². The second-order valence-electron chi connectivity index (χ2n) is 4.83. The Morgan fingerprint density at radius 3 is 2.86 bits per heavy atom. The van der Waals surface area contributed by atoms with Gasteiger partial charge < -0.3 is 10.0 Å². The predicted molar refractivity (Wildman–Crippen MR) is 92.2 cm³/mol. The molecule has 1 atom stereocenters. The molecule has 5 heteroatoms. The lowest BCUT2D eigenvalue weighted by Gasteiger charge is -2.26. The van der Waals surface area contributed by atoms with E-state index >= 15 is 0 Å². The number of amides is 1. The zero-order valence-electron chi connectivity index (χ0n) is 13.1. The molecule has 1 aromatic rings. The molecule has 1 heterocycles. The highest BCUT2D eigenvalue weighted by molar-refractivity contribution is 7.98. The van der Waals surface area contributed by atoms with Crippen LogP contribution in [0.5, 0.6) is 0 Å². The number of hydrogen-bond donors (Lipinski definition) is 1. The predicted octanol–water partition coefficient (Wildman–Crippen LogP) is 3.00. The van der Waals surface area contributed by atoms with E-state index in [9.17, 15) is 4.79 Å². The lowest BCUT2D eigenvalue weighted by atomic mass is 10.2. The summed E-state index contributed by atoms with van der Waals surface area (Å²) in [7, 11) is 1.87. The lowest BCUT2D eigenvalue weighted by molar-refractivity contribution is 0.0748. The van der Waals surface area contributed by atoms with Gasteiger partial charge in [-0.2, -0.15) is 11.8 Å². The summed E-state index contributed by atoms with van der Waals surface area (Å²) in [5.74, 6) is 6.96. The first-order valence-electron chi connectivity index (χ1n) is 7.01. The molecule has 0 aliphatic heterocycles. The number of nitrogens with zero attached hydrogens (tertiary/aromatic N) is 1. The summed E-state index contributed by atoms with van der Waals surface area (Å²) in [6.45, 7) is 4.14. The molecule has 21 heavy (non-hydrogen) atoms. The number of hydrogen-bond acceptors (Lipinski definition) is 4. The van der Waals surface area contributed by atoms with Gasteiger partial charge in [-0.05, 0) is 31.2 Å². The van der Waals surface area contributed by atoms with Crippen LogP contribution in [-0.4, -0.2) is 47.6 Å². The van der Waals surface area contributed by atoms with Crippen LogP contribution in [0.2, 0.25) is 0 Å². The Balaban J connectivity index is 2.88. The molecule has 0 saturated heterocycles. The number of aliphatic hydroxyl groups is 1. The van der Waals surface area contributed by atoms with Gasteiger partial charge in [0, 0.05) is 25.3 Å². The fourth-order valence-electron chi connectivity index (χ4n) is 1.95. The third kappa shape index (κ3) is 5.06. The first kappa shape index (κ1) is 18.1. The third-order valence-corrected chi connectivity index (χ3v) is 5.12. The largest absolute Gasteiger partial charge is 0.395 e. The van der Waals surface area contributed by atoms with Gasteiger partial charge in [0.05, 0.1) is 16.4 Å². The summed E-state index contributed by atoms with van der Waals surface area (Å²) in [5, 5.41) is 8.76. The molecule has 116 valence electrons. The summed E-state index contributed by atoms with van der Waals surface area (Å²) >= 11 is 3.20. The molecule has 0 saturated carbocycles. The minimum Gasteiger partial charge on any atom is -0.395 e. The minimum absolute atomic E-state index is 0.0683. The molecular formula is C16H23NO2S2. The van der Waals surface area contributed by atoms with E-state index < -0.39 is 0 Å². The van der Waals surface area contributed by atoms with Crippen LogP contribution in [0, 0.1) is 18.8 Å². The average Bonchev–Trinajstić information content (AvgIpc) is 2.85. The van der Waals surface area contributed by atoms with Crippen LogP contribution in [0.15, 0.2) is 6.07 Å². The van der Waals surface area contributed by atoms with Gasteiger partial charge in [-0.3, -0.25) is 4.79 Å². The van der Waals surface area contributed by atoms with Crippen molar-refractivity contribution in [3.63, 3.8) is 0 Å². The van der Waals surface area contributed by atoms with Crippen molar-refractivity contribution in [1.29, 1.82) is 0 Å². The van der Waals surface area contributed by atoms with Gasteiger partial charge in [-0.25, -0.2) is 0 Å². The minimum atomic E-state index is 0.0683. The molecule has 1 rings (SSSR count). The van der Waals surface area contributed by atoms with E-state index in [1.165, 1.54) is 11.3 Å². The highest BCUT2D eigenvalue weighted by Crippen LogP contribution is 2.23. The van der Waals surface area contributed by atoms with E-state index in [4.69, 9.17) is 5.11 Å². The zero-order valence-corrected chi connectivity index (χ0v) is 14.7. The molecule has 0 aliphatic rings. The van der Waals surface area contributed by atoms with Crippen LogP contribution in [-0.2, 0) is 0 Å². The summed E-state index contributed by atoms with van der Waals surface area (Å²) in [5.41, 5.74) is 1.03. The number of aliphatic hydroxyl groups excluding tert-OH is 1. The second-order valence-corrected chi connectivity index (χ2v) is 6.79. The lowest BCUT2D eigenvalue weighted by Crippen LogP contribution is -2.37. The van der Waals surface area contributed by atoms with Gasteiger partial charge in [0.15, 0.2) is 0 Å². The standard InChI is InChI=1S/C16H23NO2S2/c1-5-13(11-20-4)17(3)16(19)15-10-12(2)14(21-15)8-6-7-9-18/h10,13,18H,5,7,9,11H2,1-4H3. The van der Waals surface area contributed by atoms with Crippen molar-refractivity contribution in [3.05, 3.63) is 21.4 Å². The van der Waals surface area contributed by atoms with E-state index in [-0.39, 0.29) is 18.6 Å². The molecule has 0 aliphatic carbocycles. The highest BCUT2D eigenvalue weighted by Gasteiger charge is 2.21. The normalized spacial score (nSPS) is 11.7. The number of thiophene rings is 1. The van der Waals surface area contributed by atoms with Crippen molar-refractivity contribution in [2.75, 3.05) is 25.7 Å². The summed E-state index contributed by atoms with van der Waals surface area (Å²) in [4.78, 5) is 16.0. The fourth-order valence-corrected chi connectivity index (χ4v) is 3.82. The first-order valence-corrected chi connectivity index (χ1v) is 9.22. The summed E-state index contributed by atoms with van der Waals surface area (Å²) < 4.78 is 0. The monoisotopic (exact) mass is 325 g/mol. The number of aryl methyl sites for hydroxylation is 1. The van der Waals surface area contributed by atoms with Crippen molar-refractivity contribution in [2.45, 2.75) is 32.7 Å². The van der Waals surface area contributed by atoms with Crippen LogP contribution >= 0.6 is 23.1 Å². The Kier molecular flexibility index (Phi) is 7.87. The number of rotatable bonds is 6. The molecule has 0 radical (unpaired) electrons. The Hall–Kier alpha value is -0.960. The van der Waals surface area contributed by atoms with Crippen LogP contribution in [0.4, 0.5) is 0 Å². The molecule has 0 spiro atoms. The highest BCUT2D eigenvalue weighted by atomic mass is 32.2. The number of thioether (sulfide) groups is 1. The Morgan fingerprint density at radius 2 is 2.29 bits per heavy atom. The SMILES string of the molecule is CCC(CSC)N(C)C(=O)c1cc(C)c(C#CCCO)s1. The van der Waals surface area contributed by atoms with Gasteiger partial charge in [-0.1, -0.05) is 18.8 Å². The van der Waals surface area contributed by atoms with Gasteiger partial charge in [0.1, 0.15) is 0 Å². The maximum Gasteiger partial charge on any atom is 0.263 e. The van der Waals surface area contributed by atoms with E-state index in [1.807, 2.05) is 24.9 Å². The van der Waals surface area contributed by atoms with Crippen molar-refractivity contribution >= 4 is 29.0 Å². The van der Waals surface area contributed by atoms with E-state index in [0.29, 0.717) is 6.42 Å². The molecule has 0 aromatic carbocycles. The van der Waals surface area contributed by atoms with Gasteiger partial charge >= 0.3 is 0 Å². The Labute approximate surface area is 135 Å². The van der Waals surface area contributed by atoms with E-state index in [2.05, 4.69) is 25.0 Å². The Bertz CT molecular complexity index is 528. The first-order chi connectivity index (χ1) is 10.0. The molecule has 3 nitrogen and oxygen atoms in total. The fraction of sp³-hybridized carbons (Fsp3) is 0.562. The Morgan fingerprint density at radius 1 is 1.57 bits per heavy atom. The molecule has 1 N–H and O–H groups in total. The van der Waals surface area contributed by atoms with E-state index in [1.54, 1.807) is 11.8 Å². The van der Waals surface area contributed by atoms with Crippen LogP contribution < -0.4 is 0 Å². The molecule has 1 unspecified atom stereocenters. The zero-order chi connectivity index (χ0) is 15.8. The van der Waals surface area contributed by atoms with Crippen LogP contribution in [0.1, 0.15) is 39.9 Å². The molecular weight excluding hydrogens is 302 g/mol. The summed E-state index contributed by atoms with van der Waals surface area (Å²) in [6, 6.07) is 2.18. The van der Waals surface area contributed by atoms with Crippen molar-refractivity contribution in [2.24, 2.45) is 0 Å². The quantitative estimate of drug-likeness (QED) is 0.818. The van der Waals surface area contributed by atoms with Crippen LogP contribution in [0.3, 0.4) is 0 Å². The smallest absolute Gasteiger partial charge is 0.263 e. The number of carbonyl (C=O) groups excluding carboxylic acids is 1. The second kappa shape index (κ2) is 9.14. The van der Waals surface area contributed by atoms with Gasteiger partial charge in [-0.15, -0.1) is 11.3 Å². The molecule has 0 fully saturated rings. The van der Waals surface area contributed by atoms with Gasteiger partial charge in [0.2, 0.25) is 0 Å². The molecule has 0 bridgehead atoms. The summed E-state index contributed by atoms with van der Waals surface area (Å²) in [6.07, 6.45) is 3.48.